The van der Waals surface area contributed by atoms with E-state index in [9.17, 15) is 18.0 Å². The van der Waals surface area contributed by atoms with Crippen LogP contribution >= 0.6 is 15.9 Å². The zero-order valence-corrected chi connectivity index (χ0v) is 10.8. The Morgan fingerprint density at radius 3 is 2.25 bits per heavy atom. The second-order valence-corrected chi connectivity index (χ2v) is 5.65. The van der Waals surface area contributed by atoms with E-state index in [2.05, 4.69) is 15.9 Å². The molecule has 1 amide bonds. The fourth-order valence-electron chi connectivity index (χ4n) is 1.68. The van der Waals surface area contributed by atoms with Gasteiger partial charge in [-0.15, -0.1) is 0 Å². The maximum Gasteiger partial charge on any atom is 0.406 e. The molecule has 0 aromatic rings. The van der Waals surface area contributed by atoms with Crippen LogP contribution in [0.3, 0.4) is 0 Å². The average molecular weight is 302 g/mol. The van der Waals surface area contributed by atoms with Gasteiger partial charge in [0.15, 0.2) is 0 Å². The summed E-state index contributed by atoms with van der Waals surface area (Å²) in [5.41, 5.74) is 0. The summed E-state index contributed by atoms with van der Waals surface area (Å²) >= 11 is 3.03. The van der Waals surface area contributed by atoms with Gasteiger partial charge in [-0.25, -0.2) is 0 Å². The summed E-state index contributed by atoms with van der Waals surface area (Å²) in [6.45, 7) is 2.08. The molecule has 0 spiro atoms. The number of hydrogen-bond donors (Lipinski definition) is 0. The molecule has 6 heteroatoms. The first-order valence-electron chi connectivity index (χ1n) is 5.23. The van der Waals surface area contributed by atoms with Crippen LogP contribution in [0.1, 0.15) is 26.7 Å². The molecule has 1 aliphatic rings. The lowest BCUT2D eigenvalue weighted by atomic mass is 10.1. The summed E-state index contributed by atoms with van der Waals surface area (Å²) in [6, 6.07) is -0.325. The smallest absolute Gasteiger partial charge is 0.330 e. The molecule has 0 radical (unpaired) electrons. The summed E-state index contributed by atoms with van der Waals surface area (Å²) < 4.78 is 37.1. The van der Waals surface area contributed by atoms with Crippen LogP contribution in [0.5, 0.6) is 0 Å². The molecule has 16 heavy (non-hydrogen) atoms. The van der Waals surface area contributed by atoms with E-state index in [0.717, 1.165) is 17.7 Å². The van der Waals surface area contributed by atoms with Crippen LogP contribution in [-0.2, 0) is 4.79 Å². The molecule has 0 bridgehead atoms. The van der Waals surface area contributed by atoms with E-state index in [4.69, 9.17) is 0 Å². The minimum Gasteiger partial charge on any atom is -0.330 e. The zero-order valence-electron chi connectivity index (χ0n) is 9.22. The van der Waals surface area contributed by atoms with E-state index < -0.39 is 23.5 Å². The van der Waals surface area contributed by atoms with E-state index >= 15 is 0 Å². The van der Waals surface area contributed by atoms with Crippen LogP contribution in [0.4, 0.5) is 13.2 Å². The number of halogens is 4. The Morgan fingerprint density at radius 2 is 1.94 bits per heavy atom. The lowest BCUT2D eigenvalue weighted by molar-refractivity contribution is -0.165. The Hall–Kier alpha value is -0.260. The van der Waals surface area contributed by atoms with Crippen molar-refractivity contribution < 1.29 is 18.0 Å². The standard InChI is InChI=1S/C10H15BrF3NO/c1-6(11)9(16)15(5-10(12,13)14)7(2)8-3-4-8/h6-8H,3-5H2,1-2H3. The first-order chi connectivity index (χ1) is 7.22. The third kappa shape index (κ3) is 3.96. The molecule has 1 aliphatic carbocycles. The molecule has 0 heterocycles. The molecule has 0 aromatic carbocycles. The minimum absolute atomic E-state index is 0.234. The minimum atomic E-state index is -4.33. The fourth-order valence-corrected chi connectivity index (χ4v) is 1.94. The molecule has 1 rings (SSSR count). The van der Waals surface area contributed by atoms with Gasteiger partial charge in [0.05, 0.1) is 4.83 Å². The normalized spacial score (nSPS) is 20.4. The van der Waals surface area contributed by atoms with Crippen LogP contribution in [0.2, 0.25) is 0 Å². The second-order valence-electron chi connectivity index (χ2n) is 4.28. The summed E-state index contributed by atoms with van der Waals surface area (Å²) in [7, 11) is 0. The molecule has 1 saturated carbocycles. The summed E-state index contributed by atoms with van der Waals surface area (Å²) in [6.07, 6.45) is -2.50. The van der Waals surface area contributed by atoms with Crippen LogP contribution in [0.15, 0.2) is 0 Å². The Balaban J connectivity index is 2.71. The Kier molecular flexibility index (Phi) is 4.26. The Bertz CT molecular complexity index is 263. The molecule has 94 valence electrons. The van der Waals surface area contributed by atoms with Gasteiger partial charge in [-0.05, 0) is 32.6 Å². The van der Waals surface area contributed by atoms with Crippen molar-refractivity contribution in [2.75, 3.05) is 6.54 Å². The van der Waals surface area contributed by atoms with Crippen molar-refractivity contribution in [2.45, 2.75) is 43.7 Å². The molecule has 2 nitrogen and oxygen atoms in total. The number of amides is 1. The van der Waals surface area contributed by atoms with Crippen LogP contribution in [0.25, 0.3) is 0 Å². The van der Waals surface area contributed by atoms with Crippen LogP contribution in [0, 0.1) is 5.92 Å². The predicted octanol–water partition coefficient (Wildman–Crippen LogP) is 2.96. The van der Waals surface area contributed by atoms with E-state index in [-0.39, 0.29) is 12.0 Å². The summed E-state index contributed by atoms with van der Waals surface area (Å²) in [4.78, 5) is 12.0. The van der Waals surface area contributed by atoms with Crippen LogP contribution in [-0.4, -0.2) is 34.4 Å². The number of rotatable bonds is 4. The second kappa shape index (κ2) is 4.94. The number of nitrogens with zero attached hydrogens (tertiary/aromatic N) is 1. The van der Waals surface area contributed by atoms with Gasteiger partial charge in [0, 0.05) is 6.04 Å². The number of hydrogen-bond acceptors (Lipinski definition) is 1. The van der Waals surface area contributed by atoms with Gasteiger partial charge in [0.1, 0.15) is 6.54 Å². The Labute approximate surface area is 101 Å². The van der Waals surface area contributed by atoms with Gasteiger partial charge >= 0.3 is 6.18 Å². The molecule has 2 unspecified atom stereocenters. The third-order valence-electron chi connectivity index (χ3n) is 2.77. The molecular formula is C10H15BrF3NO. The van der Waals surface area contributed by atoms with E-state index in [1.807, 2.05) is 0 Å². The average Bonchev–Trinajstić information content (AvgIpc) is 2.93. The van der Waals surface area contributed by atoms with Crippen molar-refractivity contribution >= 4 is 21.8 Å². The summed E-state index contributed by atoms with van der Waals surface area (Å²) in [5, 5.41) is 0. The molecule has 1 fully saturated rings. The largest absolute Gasteiger partial charge is 0.406 e. The van der Waals surface area contributed by atoms with E-state index in [1.165, 1.54) is 0 Å². The highest BCUT2D eigenvalue weighted by Crippen LogP contribution is 2.36. The van der Waals surface area contributed by atoms with Gasteiger partial charge in [-0.3, -0.25) is 4.79 Å². The summed E-state index contributed by atoms with van der Waals surface area (Å²) in [5.74, 6) is -0.255. The van der Waals surface area contributed by atoms with Gasteiger partial charge in [0.25, 0.3) is 0 Å². The van der Waals surface area contributed by atoms with Crippen molar-refractivity contribution in [2.24, 2.45) is 5.92 Å². The number of carbonyl (C=O) groups is 1. The lowest BCUT2D eigenvalue weighted by Gasteiger charge is -2.31. The van der Waals surface area contributed by atoms with Crippen LogP contribution < -0.4 is 0 Å². The van der Waals surface area contributed by atoms with Gasteiger partial charge in [-0.1, -0.05) is 15.9 Å². The molecule has 0 saturated heterocycles. The zero-order chi connectivity index (χ0) is 12.5. The van der Waals surface area contributed by atoms with Crippen molar-refractivity contribution in [3.63, 3.8) is 0 Å². The number of alkyl halides is 4. The third-order valence-corrected chi connectivity index (χ3v) is 3.16. The van der Waals surface area contributed by atoms with Crippen molar-refractivity contribution in [1.82, 2.24) is 4.90 Å². The molecule has 2 atom stereocenters. The van der Waals surface area contributed by atoms with Crippen molar-refractivity contribution in [1.29, 1.82) is 0 Å². The Morgan fingerprint density at radius 1 is 1.44 bits per heavy atom. The first-order valence-corrected chi connectivity index (χ1v) is 6.15. The highest BCUT2D eigenvalue weighted by atomic mass is 79.9. The highest BCUT2D eigenvalue weighted by molar-refractivity contribution is 9.10. The predicted molar refractivity (Wildman–Crippen MR) is 58.3 cm³/mol. The molecule has 0 aromatic heterocycles. The molecule has 0 N–H and O–H groups in total. The van der Waals surface area contributed by atoms with Crippen molar-refractivity contribution in [3.05, 3.63) is 0 Å². The van der Waals surface area contributed by atoms with E-state index in [1.54, 1.807) is 13.8 Å². The highest BCUT2D eigenvalue weighted by Gasteiger charge is 2.41. The van der Waals surface area contributed by atoms with E-state index in [0.29, 0.717) is 0 Å². The quantitative estimate of drug-likeness (QED) is 0.731. The first kappa shape index (κ1) is 13.8. The van der Waals surface area contributed by atoms with Gasteiger partial charge < -0.3 is 4.90 Å². The number of carbonyl (C=O) groups excluding carboxylic acids is 1. The van der Waals surface area contributed by atoms with Gasteiger partial charge in [-0.2, -0.15) is 13.2 Å². The molecular weight excluding hydrogens is 287 g/mol. The maximum absolute atomic E-state index is 12.4. The SMILES string of the molecule is CC(Br)C(=O)N(CC(F)(F)F)C(C)C1CC1. The fraction of sp³-hybridized carbons (Fsp3) is 0.900. The van der Waals surface area contributed by atoms with Gasteiger partial charge in [0.2, 0.25) is 5.91 Å². The maximum atomic E-state index is 12.4. The lowest BCUT2D eigenvalue weighted by Crippen LogP contribution is -2.47. The molecule has 0 aliphatic heterocycles. The topological polar surface area (TPSA) is 20.3 Å². The van der Waals surface area contributed by atoms with Crippen molar-refractivity contribution in [3.8, 4) is 0 Å². The monoisotopic (exact) mass is 301 g/mol.